The summed E-state index contributed by atoms with van der Waals surface area (Å²) in [7, 11) is 0. The monoisotopic (exact) mass is 170 g/mol. The van der Waals surface area contributed by atoms with Crippen molar-refractivity contribution in [2.24, 2.45) is 17.8 Å². The van der Waals surface area contributed by atoms with Gasteiger partial charge in [-0.2, -0.15) is 0 Å². The van der Waals surface area contributed by atoms with E-state index in [2.05, 4.69) is 0 Å². The molecule has 0 aromatic carbocycles. The topological polar surface area (TPSA) is 54.4 Å². The van der Waals surface area contributed by atoms with Crippen molar-refractivity contribution in [3.63, 3.8) is 0 Å². The lowest BCUT2D eigenvalue weighted by molar-refractivity contribution is -0.143. The molecule has 0 radical (unpaired) electrons. The second kappa shape index (κ2) is 3.25. The van der Waals surface area contributed by atoms with Gasteiger partial charge in [-0.3, -0.25) is 9.59 Å². The molecule has 3 nitrogen and oxygen atoms in total. The molecule has 1 aliphatic carbocycles. The molecule has 12 heavy (non-hydrogen) atoms. The Morgan fingerprint density at radius 3 is 2.50 bits per heavy atom. The summed E-state index contributed by atoms with van der Waals surface area (Å²) >= 11 is 0. The van der Waals surface area contributed by atoms with Gasteiger partial charge in [-0.15, -0.1) is 0 Å². The van der Waals surface area contributed by atoms with Crippen LogP contribution < -0.4 is 0 Å². The highest BCUT2D eigenvalue weighted by Gasteiger charge is 2.36. The Balaban J connectivity index is 2.63. The van der Waals surface area contributed by atoms with Crippen LogP contribution in [-0.4, -0.2) is 16.9 Å². The predicted octanol–water partition coefficient (Wildman–Crippen LogP) is 1.32. The molecule has 0 heterocycles. The molecule has 1 N–H and O–H groups in total. The normalized spacial score (nSPS) is 32.0. The minimum Gasteiger partial charge on any atom is -0.481 e. The van der Waals surface area contributed by atoms with E-state index in [0.717, 1.165) is 0 Å². The quantitative estimate of drug-likeness (QED) is 0.680. The SMILES string of the molecule is CC1CC(=O)CC1C(C)C(=O)O. The first-order chi connectivity index (χ1) is 5.52. The number of Topliss-reactive ketones (excluding diaryl/α,β-unsaturated/α-hetero) is 1. The van der Waals surface area contributed by atoms with Gasteiger partial charge in [0, 0.05) is 12.8 Å². The van der Waals surface area contributed by atoms with Gasteiger partial charge in [0.2, 0.25) is 0 Å². The average molecular weight is 170 g/mol. The van der Waals surface area contributed by atoms with Gasteiger partial charge in [0.15, 0.2) is 0 Å². The fraction of sp³-hybridized carbons (Fsp3) is 0.778. The molecule has 1 saturated carbocycles. The summed E-state index contributed by atoms with van der Waals surface area (Å²) < 4.78 is 0. The van der Waals surface area contributed by atoms with Gasteiger partial charge in [0.1, 0.15) is 5.78 Å². The number of aliphatic carboxylic acids is 1. The first-order valence-corrected chi connectivity index (χ1v) is 4.27. The Labute approximate surface area is 71.8 Å². The molecule has 0 bridgehead atoms. The number of ketones is 1. The van der Waals surface area contributed by atoms with Gasteiger partial charge in [0.25, 0.3) is 0 Å². The number of hydrogen-bond acceptors (Lipinski definition) is 2. The zero-order valence-corrected chi connectivity index (χ0v) is 7.41. The smallest absolute Gasteiger partial charge is 0.306 e. The number of carbonyl (C=O) groups excluding carboxylic acids is 1. The van der Waals surface area contributed by atoms with Crippen molar-refractivity contribution in [2.75, 3.05) is 0 Å². The summed E-state index contributed by atoms with van der Waals surface area (Å²) in [6.45, 7) is 3.64. The third kappa shape index (κ3) is 1.65. The van der Waals surface area contributed by atoms with Gasteiger partial charge in [-0.1, -0.05) is 13.8 Å². The largest absolute Gasteiger partial charge is 0.481 e. The van der Waals surface area contributed by atoms with Gasteiger partial charge < -0.3 is 5.11 Å². The van der Waals surface area contributed by atoms with Crippen LogP contribution in [0.15, 0.2) is 0 Å². The lowest BCUT2D eigenvalue weighted by Gasteiger charge is -2.18. The van der Waals surface area contributed by atoms with E-state index in [1.807, 2.05) is 6.92 Å². The Hall–Kier alpha value is -0.860. The van der Waals surface area contributed by atoms with Crippen LogP contribution in [0.25, 0.3) is 0 Å². The average Bonchev–Trinajstić information content (AvgIpc) is 2.28. The number of hydrogen-bond donors (Lipinski definition) is 1. The molecular formula is C9H14O3. The lowest BCUT2D eigenvalue weighted by Crippen LogP contribution is -2.22. The van der Waals surface area contributed by atoms with Crippen molar-refractivity contribution >= 4 is 11.8 Å². The molecule has 0 spiro atoms. The number of carboxylic acid groups (broad SMARTS) is 1. The maximum atomic E-state index is 11.0. The molecule has 0 aliphatic heterocycles. The summed E-state index contributed by atoms with van der Waals surface area (Å²) in [5.41, 5.74) is 0. The van der Waals surface area contributed by atoms with Crippen molar-refractivity contribution in [3.05, 3.63) is 0 Å². The summed E-state index contributed by atoms with van der Waals surface area (Å²) in [5, 5.41) is 8.74. The summed E-state index contributed by atoms with van der Waals surface area (Å²) in [6, 6.07) is 0. The van der Waals surface area contributed by atoms with Crippen LogP contribution in [0.5, 0.6) is 0 Å². The first-order valence-electron chi connectivity index (χ1n) is 4.27. The maximum Gasteiger partial charge on any atom is 0.306 e. The molecule has 3 atom stereocenters. The molecular weight excluding hydrogens is 156 g/mol. The zero-order valence-electron chi connectivity index (χ0n) is 7.41. The minimum absolute atomic E-state index is 0.0509. The molecule has 1 aliphatic rings. The van der Waals surface area contributed by atoms with E-state index in [1.54, 1.807) is 6.92 Å². The molecule has 68 valence electrons. The van der Waals surface area contributed by atoms with Gasteiger partial charge in [-0.05, 0) is 11.8 Å². The number of carbonyl (C=O) groups is 2. The molecule has 1 rings (SSSR count). The second-order valence-corrected chi connectivity index (χ2v) is 3.71. The number of rotatable bonds is 2. The Bertz CT molecular complexity index is 210. The summed E-state index contributed by atoms with van der Waals surface area (Å²) in [5.74, 6) is -0.674. The van der Waals surface area contributed by atoms with Crippen molar-refractivity contribution in [1.82, 2.24) is 0 Å². The fourth-order valence-electron chi connectivity index (χ4n) is 1.91. The molecule has 3 heteroatoms. The van der Waals surface area contributed by atoms with E-state index in [1.165, 1.54) is 0 Å². The van der Waals surface area contributed by atoms with Crippen LogP contribution in [-0.2, 0) is 9.59 Å². The third-order valence-electron chi connectivity index (χ3n) is 2.78. The van der Waals surface area contributed by atoms with E-state index < -0.39 is 5.97 Å². The first kappa shape index (κ1) is 9.23. The zero-order chi connectivity index (χ0) is 9.30. The van der Waals surface area contributed by atoms with E-state index in [-0.39, 0.29) is 23.5 Å². The van der Waals surface area contributed by atoms with E-state index in [4.69, 9.17) is 5.11 Å². The van der Waals surface area contributed by atoms with Gasteiger partial charge in [-0.25, -0.2) is 0 Å². The van der Waals surface area contributed by atoms with Crippen molar-refractivity contribution in [3.8, 4) is 0 Å². The van der Waals surface area contributed by atoms with Gasteiger partial charge >= 0.3 is 5.97 Å². The van der Waals surface area contributed by atoms with Gasteiger partial charge in [0.05, 0.1) is 5.92 Å². The number of carboxylic acids is 1. The Morgan fingerprint density at radius 1 is 1.58 bits per heavy atom. The van der Waals surface area contributed by atoms with Crippen molar-refractivity contribution < 1.29 is 14.7 Å². The maximum absolute atomic E-state index is 11.0. The molecule has 0 saturated heterocycles. The minimum atomic E-state index is -0.790. The van der Waals surface area contributed by atoms with E-state index >= 15 is 0 Å². The van der Waals surface area contributed by atoms with Crippen LogP contribution in [0.3, 0.4) is 0 Å². The fourth-order valence-corrected chi connectivity index (χ4v) is 1.91. The second-order valence-electron chi connectivity index (χ2n) is 3.71. The van der Waals surface area contributed by atoms with Crippen molar-refractivity contribution in [2.45, 2.75) is 26.7 Å². The lowest BCUT2D eigenvalue weighted by atomic mass is 9.86. The predicted molar refractivity (Wildman–Crippen MR) is 43.7 cm³/mol. The van der Waals surface area contributed by atoms with Crippen LogP contribution in [0.2, 0.25) is 0 Å². The van der Waals surface area contributed by atoms with Crippen LogP contribution in [0.1, 0.15) is 26.7 Å². The van der Waals surface area contributed by atoms with E-state index in [9.17, 15) is 9.59 Å². The van der Waals surface area contributed by atoms with Crippen LogP contribution >= 0.6 is 0 Å². The molecule has 0 amide bonds. The van der Waals surface area contributed by atoms with Crippen molar-refractivity contribution in [1.29, 1.82) is 0 Å². The molecule has 0 aromatic rings. The Morgan fingerprint density at radius 2 is 2.17 bits per heavy atom. The van der Waals surface area contributed by atoms with Crippen LogP contribution in [0, 0.1) is 17.8 Å². The standard InChI is InChI=1S/C9H14O3/c1-5-3-7(10)4-8(5)6(2)9(11)12/h5-6,8H,3-4H2,1-2H3,(H,11,12). The highest BCUT2D eigenvalue weighted by molar-refractivity contribution is 5.82. The summed E-state index contributed by atoms with van der Waals surface area (Å²) in [4.78, 5) is 21.6. The highest BCUT2D eigenvalue weighted by atomic mass is 16.4. The molecule has 1 fully saturated rings. The molecule has 0 aromatic heterocycles. The third-order valence-corrected chi connectivity index (χ3v) is 2.78. The van der Waals surface area contributed by atoms with E-state index in [0.29, 0.717) is 12.8 Å². The Kier molecular flexibility index (Phi) is 2.50. The highest BCUT2D eigenvalue weighted by Crippen LogP contribution is 2.34. The molecule has 3 unspecified atom stereocenters. The summed E-state index contributed by atoms with van der Waals surface area (Å²) in [6.07, 6.45) is 1.01. The van der Waals surface area contributed by atoms with Crippen LogP contribution in [0.4, 0.5) is 0 Å².